The van der Waals surface area contributed by atoms with Gasteiger partial charge in [-0.3, -0.25) is 4.79 Å². The van der Waals surface area contributed by atoms with Crippen LogP contribution in [0.1, 0.15) is 5.56 Å². The number of carbonyl (C=O) groups excluding carboxylic acids is 1. The summed E-state index contributed by atoms with van der Waals surface area (Å²) in [5.74, 6) is 0.578. The summed E-state index contributed by atoms with van der Waals surface area (Å²) in [6, 6.07) is 3.81. The molecule has 0 amide bonds. The third-order valence-electron chi connectivity index (χ3n) is 1.70. The number of carbonyl (C=O) groups is 1. The van der Waals surface area contributed by atoms with Gasteiger partial charge in [-0.2, -0.15) is 0 Å². The predicted molar refractivity (Wildman–Crippen MR) is 61.2 cm³/mol. The van der Waals surface area contributed by atoms with Gasteiger partial charge in [0.25, 0.3) is 0 Å². The number of hydrogen-bond donors (Lipinski definition) is 0. The molecule has 1 aliphatic rings. The molecule has 12 heavy (non-hydrogen) atoms. The van der Waals surface area contributed by atoms with Gasteiger partial charge < -0.3 is 4.74 Å². The Kier molecular flexibility index (Phi) is 2.28. The second-order valence-corrected chi connectivity index (χ2v) is 4.73. The summed E-state index contributed by atoms with van der Waals surface area (Å²) < 4.78 is 7.30. The van der Waals surface area contributed by atoms with Crippen molar-refractivity contribution in [2.24, 2.45) is 0 Å². The highest BCUT2D eigenvalue weighted by atomic mass is 127. The number of hydrogen-bond acceptors (Lipinski definition) is 2. The fourth-order valence-electron chi connectivity index (χ4n) is 1.14. The molecule has 1 aromatic carbocycles. The van der Waals surface area contributed by atoms with Gasteiger partial charge in [-0.15, -0.1) is 0 Å². The highest BCUT2D eigenvalue weighted by molar-refractivity contribution is 14.1. The van der Waals surface area contributed by atoms with E-state index in [2.05, 4.69) is 45.2 Å². The molecule has 0 unspecified atom stereocenters. The van der Waals surface area contributed by atoms with Crippen LogP contribution in [-0.4, -0.2) is 5.97 Å². The van der Waals surface area contributed by atoms with Gasteiger partial charge in [-0.05, 0) is 57.3 Å². The van der Waals surface area contributed by atoms with E-state index in [1.54, 1.807) is 0 Å². The van der Waals surface area contributed by atoms with Crippen LogP contribution in [0.25, 0.3) is 0 Å². The van der Waals surface area contributed by atoms with Gasteiger partial charge in [0, 0.05) is 12.7 Å². The molecule has 1 aromatic rings. The van der Waals surface area contributed by atoms with Gasteiger partial charge in [0.05, 0.1) is 6.42 Å². The lowest BCUT2D eigenvalue weighted by molar-refractivity contribution is -0.131. The van der Waals surface area contributed by atoms with E-state index in [1.807, 2.05) is 12.1 Å². The minimum absolute atomic E-state index is 0.148. The van der Waals surface area contributed by atoms with Crippen molar-refractivity contribution < 1.29 is 9.53 Å². The predicted octanol–water partition coefficient (Wildman–Crippen LogP) is 2.36. The maximum absolute atomic E-state index is 10.9. The molecule has 0 fully saturated rings. The zero-order valence-electron chi connectivity index (χ0n) is 5.93. The summed E-state index contributed by atoms with van der Waals surface area (Å²) >= 11 is 4.49. The lowest BCUT2D eigenvalue weighted by Gasteiger charge is -2.00. The monoisotopic (exact) mass is 386 g/mol. The van der Waals surface area contributed by atoms with E-state index < -0.39 is 0 Å². The van der Waals surface area contributed by atoms with Crippen molar-refractivity contribution in [2.75, 3.05) is 0 Å². The second kappa shape index (κ2) is 3.13. The molecule has 0 bridgehead atoms. The first-order valence-electron chi connectivity index (χ1n) is 3.36. The van der Waals surface area contributed by atoms with Crippen LogP contribution in [-0.2, 0) is 11.2 Å². The van der Waals surface area contributed by atoms with Crippen molar-refractivity contribution in [2.45, 2.75) is 6.42 Å². The first-order valence-corrected chi connectivity index (χ1v) is 5.52. The van der Waals surface area contributed by atoms with E-state index in [9.17, 15) is 4.79 Å². The Labute approximate surface area is 97.0 Å². The number of fused-ring (bicyclic) bond motifs is 1. The molecule has 62 valence electrons. The van der Waals surface area contributed by atoms with E-state index in [1.165, 1.54) is 3.57 Å². The van der Waals surface area contributed by atoms with Crippen molar-refractivity contribution in [1.29, 1.82) is 0 Å². The Hall–Kier alpha value is 0.150. The number of benzene rings is 1. The number of halogens is 2. The smallest absolute Gasteiger partial charge is 0.315 e. The molecule has 0 spiro atoms. The zero-order valence-corrected chi connectivity index (χ0v) is 10.2. The Bertz CT molecular complexity index is 360. The molecule has 2 rings (SSSR count). The molecule has 0 N–H and O–H groups in total. The van der Waals surface area contributed by atoms with E-state index >= 15 is 0 Å². The fraction of sp³-hybridized carbons (Fsp3) is 0.125. The quantitative estimate of drug-likeness (QED) is 0.389. The normalized spacial score (nSPS) is 14.3. The lowest BCUT2D eigenvalue weighted by atomic mass is 10.2. The highest BCUT2D eigenvalue weighted by Gasteiger charge is 2.23. The van der Waals surface area contributed by atoms with Gasteiger partial charge in [0.2, 0.25) is 0 Å². The summed E-state index contributed by atoms with van der Waals surface area (Å²) in [5, 5.41) is 0. The van der Waals surface area contributed by atoms with E-state index in [4.69, 9.17) is 4.74 Å². The molecule has 0 saturated carbocycles. The van der Waals surface area contributed by atoms with Crippen molar-refractivity contribution in [3.05, 3.63) is 24.8 Å². The van der Waals surface area contributed by atoms with Crippen LogP contribution in [0.2, 0.25) is 0 Å². The molecule has 0 radical (unpaired) electrons. The molecule has 0 saturated heterocycles. The number of ether oxygens (including phenoxy) is 1. The van der Waals surface area contributed by atoms with Gasteiger partial charge in [0.1, 0.15) is 5.75 Å². The van der Waals surface area contributed by atoms with Crippen molar-refractivity contribution in [1.82, 2.24) is 0 Å². The summed E-state index contributed by atoms with van der Waals surface area (Å²) in [6.45, 7) is 0. The van der Waals surface area contributed by atoms with Crippen LogP contribution < -0.4 is 4.74 Å². The third kappa shape index (κ3) is 1.34. The summed E-state index contributed by atoms with van der Waals surface area (Å²) in [4.78, 5) is 10.9. The van der Waals surface area contributed by atoms with Gasteiger partial charge in [-0.1, -0.05) is 0 Å². The van der Waals surface area contributed by atoms with Crippen molar-refractivity contribution in [3.8, 4) is 5.75 Å². The van der Waals surface area contributed by atoms with Crippen molar-refractivity contribution in [3.63, 3.8) is 0 Å². The van der Waals surface area contributed by atoms with Crippen LogP contribution in [0.4, 0.5) is 0 Å². The minimum atomic E-state index is -0.148. The van der Waals surface area contributed by atoms with E-state index in [-0.39, 0.29) is 5.97 Å². The minimum Gasteiger partial charge on any atom is -0.426 e. The summed E-state index contributed by atoms with van der Waals surface area (Å²) in [5.41, 5.74) is 1.03. The second-order valence-electron chi connectivity index (χ2n) is 2.49. The Morgan fingerprint density at radius 1 is 1.33 bits per heavy atom. The molecule has 1 aliphatic heterocycles. The maximum atomic E-state index is 10.9. The summed E-state index contributed by atoms with van der Waals surface area (Å²) in [6.07, 6.45) is 0.421. The molecule has 4 heteroatoms. The molecule has 0 atom stereocenters. The Morgan fingerprint density at radius 3 is 2.83 bits per heavy atom. The number of esters is 1. The molecule has 1 heterocycles. The average molecular weight is 386 g/mol. The first-order chi connectivity index (χ1) is 5.68. The Morgan fingerprint density at radius 2 is 2.08 bits per heavy atom. The summed E-state index contributed by atoms with van der Waals surface area (Å²) in [7, 11) is 0. The molecular weight excluding hydrogens is 382 g/mol. The van der Waals surface area contributed by atoms with Crippen LogP contribution in [0.15, 0.2) is 12.1 Å². The van der Waals surface area contributed by atoms with Crippen molar-refractivity contribution >= 4 is 51.2 Å². The average Bonchev–Trinajstić information content (AvgIpc) is 2.39. The fourth-order valence-corrected chi connectivity index (χ4v) is 2.28. The van der Waals surface area contributed by atoms with Gasteiger partial charge in [0.15, 0.2) is 0 Å². The first kappa shape index (κ1) is 8.74. The third-order valence-corrected chi connectivity index (χ3v) is 4.86. The maximum Gasteiger partial charge on any atom is 0.315 e. The lowest BCUT2D eigenvalue weighted by Crippen LogP contribution is -2.00. The van der Waals surface area contributed by atoms with E-state index in [0.29, 0.717) is 6.42 Å². The van der Waals surface area contributed by atoms with Crippen LogP contribution in [0.5, 0.6) is 5.75 Å². The molecule has 0 aromatic heterocycles. The largest absolute Gasteiger partial charge is 0.426 e. The SMILES string of the molecule is O=C1Cc2c(ccc(I)c2I)O1. The highest BCUT2D eigenvalue weighted by Crippen LogP contribution is 2.32. The Balaban J connectivity index is 2.61. The topological polar surface area (TPSA) is 26.3 Å². The molecule has 0 aliphatic carbocycles. The standard InChI is InChI=1S/C8H4I2O2/c9-5-1-2-6-4(8(5)10)3-7(11)12-6/h1-2H,3H2. The molecular formula is C8H4I2O2. The van der Waals surface area contributed by atoms with Crippen LogP contribution in [0.3, 0.4) is 0 Å². The van der Waals surface area contributed by atoms with Crippen LogP contribution in [0, 0.1) is 7.14 Å². The molecule has 2 nitrogen and oxygen atoms in total. The van der Waals surface area contributed by atoms with Crippen LogP contribution >= 0.6 is 45.2 Å². The van der Waals surface area contributed by atoms with Gasteiger partial charge in [-0.25, -0.2) is 0 Å². The zero-order chi connectivity index (χ0) is 8.72. The number of rotatable bonds is 0. The van der Waals surface area contributed by atoms with Gasteiger partial charge >= 0.3 is 5.97 Å². The van der Waals surface area contributed by atoms with E-state index in [0.717, 1.165) is 14.9 Å².